The van der Waals surface area contributed by atoms with Crippen LogP contribution in [0.4, 0.5) is 0 Å². The molecule has 0 aromatic heterocycles. The molecule has 0 fully saturated rings. The van der Waals surface area contributed by atoms with Crippen LogP contribution in [0.3, 0.4) is 0 Å². The molecule has 0 atom stereocenters. The Hall–Kier alpha value is 0.0149. The van der Waals surface area contributed by atoms with Gasteiger partial charge in [0.1, 0.15) is 0 Å². The second kappa shape index (κ2) is 5.93. The van der Waals surface area contributed by atoms with Gasteiger partial charge >= 0.3 is 70.7 Å². The molecule has 0 aliphatic rings. The van der Waals surface area contributed by atoms with Crippen molar-refractivity contribution in [2.24, 2.45) is 0 Å². The Morgan fingerprint density at radius 1 is 1.07 bits per heavy atom. The van der Waals surface area contributed by atoms with Crippen LogP contribution in [0.2, 0.25) is 0 Å². The van der Waals surface area contributed by atoms with E-state index in [1.54, 1.807) is 0 Å². The van der Waals surface area contributed by atoms with Gasteiger partial charge < -0.3 is 0 Å². The fraction of sp³-hybridized carbons (Fsp3) is 1.00. The van der Waals surface area contributed by atoms with Gasteiger partial charge in [0.25, 0.3) is 0 Å². The van der Waals surface area contributed by atoms with E-state index >= 15 is 0 Å². The van der Waals surface area contributed by atoms with Crippen LogP contribution in [0.15, 0.2) is 0 Å². The summed E-state index contributed by atoms with van der Waals surface area (Å²) < 4.78 is 86.1. The number of rotatable bonds is 3. The molecule has 0 heterocycles. The molecule has 0 rings (SSSR count). The van der Waals surface area contributed by atoms with Crippen molar-refractivity contribution in [1.82, 2.24) is 0 Å². The molecule has 0 aromatic carbocycles. The summed E-state index contributed by atoms with van der Waals surface area (Å²) in [6, 6.07) is 0. The number of hydrogen-bond acceptors (Lipinski definition) is 8. The minimum absolute atomic E-state index is 0.725. The zero-order chi connectivity index (χ0) is 12.9. The van der Waals surface area contributed by atoms with Crippen LogP contribution in [-0.4, -0.2) is 28.8 Å². The van der Waals surface area contributed by atoms with Crippen LogP contribution in [-0.2, 0) is 59.5 Å². The summed E-state index contributed by atoms with van der Waals surface area (Å²) in [5.74, 6) is 0. The van der Waals surface area contributed by atoms with E-state index in [9.17, 15) is 15.2 Å². The standard InChI is InChI=1S/CH3O.2Cr.H2O4S.H2O.5O/c1-2;;;1-5(2,3)4;;;;;;/h1H3;;;(H2,1,2,3,4);1H2;;;;;/q-1;2*+1;;;;;;;/p-1. The van der Waals surface area contributed by atoms with E-state index in [0.717, 1.165) is 7.11 Å². The summed E-state index contributed by atoms with van der Waals surface area (Å²) in [6.07, 6.45) is 0. The average Bonchev–Trinajstić information content (AvgIpc) is 1.77. The van der Waals surface area contributed by atoms with E-state index in [2.05, 4.69) is 6.63 Å². The summed E-state index contributed by atoms with van der Waals surface area (Å²) >= 11 is -10.9. The number of hydrogen-bond donors (Lipinski definition) is 3. The van der Waals surface area contributed by atoms with Crippen LogP contribution in [0.5, 0.6) is 0 Å². The third-order valence-corrected chi connectivity index (χ3v) is 3.72. The quantitative estimate of drug-likeness (QED) is 0.503. The van der Waals surface area contributed by atoms with Gasteiger partial charge in [-0.05, 0) is 0 Å². The molecule has 14 heteroatoms. The summed E-state index contributed by atoms with van der Waals surface area (Å²) in [4.78, 5) is 0. The minimum atomic E-state index is -5.66. The fourth-order valence-corrected chi connectivity index (χ4v) is 2.26. The van der Waals surface area contributed by atoms with Gasteiger partial charge in [0.2, 0.25) is 0 Å². The molecule has 0 amide bonds. The molecule has 0 radical (unpaired) electrons. The summed E-state index contributed by atoms with van der Waals surface area (Å²) in [5, 5.41) is 0. The molecule has 11 nitrogen and oxygen atoms in total. The van der Waals surface area contributed by atoms with Gasteiger partial charge in [-0.3, -0.25) is 9.11 Å². The molecule has 0 bridgehead atoms. The molecule has 15 heavy (non-hydrogen) atoms. The maximum Gasteiger partial charge on any atom is 0.394 e. The third-order valence-electron chi connectivity index (χ3n) is 0.373. The zero-order valence-corrected chi connectivity index (χ0v) is 10.2. The van der Waals surface area contributed by atoms with Gasteiger partial charge in [0.15, 0.2) is 0 Å². The van der Waals surface area contributed by atoms with Gasteiger partial charge in [0, 0.05) is 0 Å². The zero-order valence-electron chi connectivity index (χ0n) is 6.83. The molecule has 0 unspecified atom stereocenters. The van der Waals surface area contributed by atoms with Crippen LogP contribution in [0.25, 0.3) is 0 Å². The SMILES string of the molecule is C[O][Cr](=[O])(=[O])[O][Cr](=[O])(=[O])[OH].O=S(=O)(O)O. The Morgan fingerprint density at radius 2 is 1.33 bits per heavy atom. The van der Waals surface area contributed by atoms with Crippen molar-refractivity contribution in [3.05, 3.63) is 0 Å². The maximum atomic E-state index is 10.1. The first-order valence-corrected chi connectivity index (χ1v) is 8.07. The Bertz CT molecular complexity index is 455. The molecule has 0 aliphatic heterocycles. The second-order valence-electron chi connectivity index (χ2n) is 1.52. The van der Waals surface area contributed by atoms with Crippen molar-refractivity contribution >= 4 is 10.4 Å². The van der Waals surface area contributed by atoms with E-state index in [0.29, 0.717) is 0 Å². The van der Waals surface area contributed by atoms with E-state index in [1.807, 2.05) is 0 Å². The Kier molecular flexibility index (Phi) is 6.88. The molecule has 94 valence electrons. The summed E-state index contributed by atoms with van der Waals surface area (Å²) in [5.41, 5.74) is 0. The van der Waals surface area contributed by atoms with Gasteiger partial charge in [-0.1, -0.05) is 0 Å². The molecular formula is CH6Cr2O11S. The van der Waals surface area contributed by atoms with Gasteiger partial charge in [0.05, 0.1) is 0 Å². The minimum Gasteiger partial charge on any atom is -0.264 e. The fourth-order valence-electron chi connectivity index (χ4n) is 0.133. The van der Waals surface area contributed by atoms with E-state index < -0.39 is 37.6 Å². The predicted octanol–water partition coefficient (Wildman–Crippen LogP) is -1.66. The molecule has 3 N–H and O–H groups in total. The van der Waals surface area contributed by atoms with Crippen molar-refractivity contribution in [2.75, 3.05) is 7.11 Å². The van der Waals surface area contributed by atoms with Gasteiger partial charge in [-0.2, -0.15) is 8.42 Å². The monoisotopic (exact) mass is 330 g/mol. The molecule has 0 spiro atoms. The Morgan fingerprint density at radius 3 is 1.40 bits per heavy atom. The molecule has 0 aliphatic carbocycles. The van der Waals surface area contributed by atoms with E-state index in [-0.39, 0.29) is 0 Å². The normalized spacial score (nSPS) is 12.8. The van der Waals surface area contributed by atoms with Crippen molar-refractivity contribution in [2.45, 2.75) is 0 Å². The topological polar surface area (TPSA) is 182 Å². The smallest absolute Gasteiger partial charge is 0.264 e. The van der Waals surface area contributed by atoms with E-state index in [1.165, 1.54) is 0 Å². The summed E-state index contributed by atoms with van der Waals surface area (Å²) in [7, 11) is -3.94. The molecule has 0 saturated carbocycles. The maximum absolute atomic E-state index is 10.1. The van der Waals surface area contributed by atoms with Gasteiger partial charge in [-0.15, -0.1) is 0 Å². The Balaban J connectivity index is 0. The first-order chi connectivity index (χ1) is 6.27. The van der Waals surface area contributed by atoms with E-state index in [4.69, 9.17) is 21.7 Å². The van der Waals surface area contributed by atoms with Crippen molar-refractivity contribution in [1.29, 1.82) is 0 Å². The van der Waals surface area contributed by atoms with Crippen LogP contribution in [0, 0.1) is 0 Å². The second-order valence-corrected chi connectivity index (χ2v) is 6.63. The van der Waals surface area contributed by atoms with Gasteiger partial charge in [-0.25, -0.2) is 0 Å². The predicted molar refractivity (Wildman–Crippen MR) is 27.2 cm³/mol. The molecule has 0 saturated heterocycles. The van der Waals surface area contributed by atoms with Crippen LogP contribution in [0.1, 0.15) is 0 Å². The largest absolute Gasteiger partial charge is 0.394 e. The van der Waals surface area contributed by atoms with Crippen molar-refractivity contribution < 1.29 is 70.8 Å². The van der Waals surface area contributed by atoms with Crippen molar-refractivity contribution in [3.8, 4) is 0 Å². The first-order valence-electron chi connectivity index (χ1n) is 2.46. The summed E-state index contributed by atoms with van der Waals surface area (Å²) in [6.45, 7) is 0. The Labute approximate surface area is 88.3 Å². The average molecular weight is 330 g/mol. The van der Waals surface area contributed by atoms with Crippen LogP contribution < -0.4 is 0 Å². The molecule has 0 aromatic rings. The van der Waals surface area contributed by atoms with Crippen molar-refractivity contribution in [3.63, 3.8) is 0 Å². The third kappa shape index (κ3) is 24.9. The molecular weight excluding hydrogens is 324 g/mol. The van der Waals surface area contributed by atoms with Crippen LogP contribution >= 0.6 is 0 Å². The first kappa shape index (κ1) is 17.4.